The lowest BCUT2D eigenvalue weighted by Gasteiger charge is -2.32. The summed E-state index contributed by atoms with van der Waals surface area (Å²) in [6.45, 7) is 3.54. The van der Waals surface area contributed by atoms with Crippen molar-refractivity contribution in [2.24, 2.45) is 17.6 Å². The van der Waals surface area contributed by atoms with E-state index in [4.69, 9.17) is 10.8 Å². The second kappa shape index (κ2) is 6.59. The van der Waals surface area contributed by atoms with E-state index in [2.05, 4.69) is 0 Å². The minimum Gasteiger partial charge on any atom is -0.481 e. The van der Waals surface area contributed by atoms with E-state index in [9.17, 15) is 9.59 Å². The second-order valence-corrected chi connectivity index (χ2v) is 4.79. The zero-order valence-corrected chi connectivity index (χ0v) is 10.4. The normalized spacial score (nSPS) is 22.2. The van der Waals surface area contributed by atoms with E-state index in [0.29, 0.717) is 26.1 Å². The Kier molecular flexibility index (Phi) is 5.41. The number of aliphatic carboxylic acids is 1. The number of carboxylic acids is 1. The van der Waals surface area contributed by atoms with Crippen molar-refractivity contribution in [3.05, 3.63) is 0 Å². The molecule has 1 saturated heterocycles. The van der Waals surface area contributed by atoms with E-state index in [1.807, 2.05) is 6.92 Å². The fourth-order valence-electron chi connectivity index (χ4n) is 2.24. The highest BCUT2D eigenvalue weighted by molar-refractivity contribution is 5.79. The molecule has 98 valence electrons. The van der Waals surface area contributed by atoms with Crippen molar-refractivity contribution >= 4 is 11.9 Å². The molecule has 1 fully saturated rings. The lowest BCUT2D eigenvalue weighted by atomic mass is 9.96. The maximum atomic E-state index is 12.1. The van der Waals surface area contributed by atoms with Crippen LogP contribution in [0.15, 0.2) is 0 Å². The molecule has 0 aromatic carbocycles. The van der Waals surface area contributed by atoms with Crippen LogP contribution in [0.3, 0.4) is 0 Å². The summed E-state index contributed by atoms with van der Waals surface area (Å²) in [5.74, 6) is -1.16. The smallest absolute Gasteiger partial charge is 0.308 e. The number of carboxylic acid groups (broad SMARTS) is 1. The number of hydrogen-bond acceptors (Lipinski definition) is 3. The molecular formula is C12H22N2O3. The van der Waals surface area contributed by atoms with Crippen LogP contribution < -0.4 is 5.73 Å². The predicted molar refractivity (Wildman–Crippen MR) is 64.4 cm³/mol. The molecule has 3 N–H and O–H groups in total. The number of hydrogen-bond donors (Lipinski definition) is 2. The lowest BCUT2D eigenvalue weighted by Crippen LogP contribution is -2.44. The highest BCUT2D eigenvalue weighted by Gasteiger charge is 2.29. The van der Waals surface area contributed by atoms with Gasteiger partial charge in [-0.05, 0) is 32.2 Å². The first-order chi connectivity index (χ1) is 8.06. The third kappa shape index (κ3) is 4.00. The zero-order chi connectivity index (χ0) is 12.8. The largest absolute Gasteiger partial charge is 0.481 e. The minimum absolute atomic E-state index is 0.0499. The summed E-state index contributed by atoms with van der Waals surface area (Å²) in [4.78, 5) is 24.7. The van der Waals surface area contributed by atoms with Gasteiger partial charge in [-0.2, -0.15) is 0 Å². The summed E-state index contributed by atoms with van der Waals surface area (Å²) in [5, 5.41) is 8.96. The average Bonchev–Trinajstić information content (AvgIpc) is 2.35. The number of carbonyl (C=O) groups excluding carboxylic acids is 1. The van der Waals surface area contributed by atoms with Crippen LogP contribution >= 0.6 is 0 Å². The van der Waals surface area contributed by atoms with Crippen molar-refractivity contribution < 1.29 is 14.7 Å². The first-order valence-electron chi connectivity index (χ1n) is 6.28. The predicted octanol–water partition coefficient (Wildman–Crippen LogP) is 0.685. The fourth-order valence-corrected chi connectivity index (χ4v) is 2.24. The monoisotopic (exact) mass is 242 g/mol. The molecule has 5 heteroatoms. The van der Waals surface area contributed by atoms with Crippen molar-refractivity contribution in [2.75, 3.05) is 19.6 Å². The molecule has 1 unspecified atom stereocenters. The first-order valence-corrected chi connectivity index (χ1v) is 6.28. The average molecular weight is 242 g/mol. The Labute approximate surface area is 102 Å². The second-order valence-electron chi connectivity index (χ2n) is 4.79. The maximum Gasteiger partial charge on any atom is 0.308 e. The number of likely N-dealkylation sites (tertiary alicyclic amines) is 1. The summed E-state index contributed by atoms with van der Waals surface area (Å²) < 4.78 is 0. The molecule has 1 heterocycles. The zero-order valence-electron chi connectivity index (χ0n) is 10.4. The Morgan fingerprint density at radius 3 is 2.82 bits per heavy atom. The molecule has 0 spiro atoms. The van der Waals surface area contributed by atoms with Gasteiger partial charge in [-0.1, -0.05) is 6.92 Å². The fraction of sp³-hybridized carbons (Fsp3) is 0.833. The maximum absolute atomic E-state index is 12.1. The van der Waals surface area contributed by atoms with Gasteiger partial charge in [0.15, 0.2) is 0 Å². The molecular weight excluding hydrogens is 220 g/mol. The van der Waals surface area contributed by atoms with Crippen molar-refractivity contribution in [1.29, 1.82) is 0 Å². The van der Waals surface area contributed by atoms with Crippen LogP contribution in [-0.2, 0) is 9.59 Å². The highest BCUT2D eigenvalue weighted by atomic mass is 16.4. The minimum atomic E-state index is -0.794. The van der Waals surface area contributed by atoms with Crippen LogP contribution in [0.5, 0.6) is 0 Å². The van der Waals surface area contributed by atoms with E-state index >= 15 is 0 Å². The van der Waals surface area contributed by atoms with Crippen LogP contribution in [0.25, 0.3) is 0 Å². The van der Waals surface area contributed by atoms with Crippen LogP contribution in [-0.4, -0.2) is 41.5 Å². The molecule has 1 aliphatic rings. The van der Waals surface area contributed by atoms with Crippen LogP contribution in [0, 0.1) is 11.8 Å². The van der Waals surface area contributed by atoms with Crippen molar-refractivity contribution in [3.8, 4) is 0 Å². The Balaban J connectivity index is 2.48. The molecule has 0 bridgehead atoms. The summed E-state index contributed by atoms with van der Waals surface area (Å²) >= 11 is 0. The summed E-state index contributed by atoms with van der Waals surface area (Å²) in [7, 11) is 0. The Hall–Kier alpha value is -1.10. The molecule has 17 heavy (non-hydrogen) atoms. The van der Waals surface area contributed by atoms with Crippen LogP contribution in [0.2, 0.25) is 0 Å². The lowest BCUT2D eigenvalue weighted by molar-refractivity contribution is -0.146. The van der Waals surface area contributed by atoms with Gasteiger partial charge in [0, 0.05) is 19.0 Å². The van der Waals surface area contributed by atoms with Crippen molar-refractivity contribution in [1.82, 2.24) is 4.90 Å². The molecule has 0 radical (unpaired) electrons. The SMILES string of the molecule is CC(CCCN)C(=O)N1CCC[C@H](C(=O)O)C1. The number of piperidine rings is 1. The van der Waals surface area contributed by atoms with Gasteiger partial charge in [-0.3, -0.25) is 9.59 Å². The van der Waals surface area contributed by atoms with Gasteiger partial charge in [-0.15, -0.1) is 0 Å². The molecule has 1 rings (SSSR count). The number of nitrogens with two attached hydrogens (primary N) is 1. The van der Waals surface area contributed by atoms with Crippen LogP contribution in [0.1, 0.15) is 32.6 Å². The highest BCUT2D eigenvalue weighted by Crippen LogP contribution is 2.19. The number of nitrogens with zero attached hydrogens (tertiary/aromatic N) is 1. The molecule has 1 amide bonds. The van der Waals surface area contributed by atoms with Gasteiger partial charge in [0.1, 0.15) is 0 Å². The Morgan fingerprint density at radius 1 is 1.53 bits per heavy atom. The van der Waals surface area contributed by atoms with E-state index < -0.39 is 11.9 Å². The van der Waals surface area contributed by atoms with Gasteiger partial charge in [0.2, 0.25) is 5.91 Å². The molecule has 2 atom stereocenters. The van der Waals surface area contributed by atoms with E-state index in [1.165, 1.54) is 0 Å². The van der Waals surface area contributed by atoms with Gasteiger partial charge in [-0.25, -0.2) is 0 Å². The van der Waals surface area contributed by atoms with E-state index in [0.717, 1.165) is 19.3 Å². The summed E-state index contributed by atoms with van der Waals surface area (Å²) in [6, 6.07) is 0. The standard InChI is InChI=1S/C12H22N2O3/c1-9(4-2-6-13)11(15)14-7-3-5-10(8-14)12(16)17/h9-10H,2-8,13H2,1H3,(H,16,17)/t9?,10-/m0/s1. The first kappa shape index (κ1) is 14.0. The number of rotatable bonds is 5. The molecule has 5 nitrogen and oxygen atoms in total. The van der Waals surface area contributed by atoms with Gasteiger partial charge < -0.3 is 15.7 Å². The number of carbonyl (C=O) groups is 2. The third-order valence-corrected chi connectivity index (χ3v) is 3.35. The molecule has 0 aromatic heterocycles. The Bertz CT molecular complexity index is 281. The summed E-state index contributed by atoms with van der Waals surface area (Å²) in [5.41, 5.74) is 5.41. The van der Waals surface area contributed by atoms with Gasteiger partial charge in [0.05, 0.1) is 5.92 Å². The van der Waals surface area contributed by atoms with E-state index in [1.54, 1.807) is 4.90 Å². The van der Waals surface area contributed by atoms with E-state index in [-0.39, 0.29) is 11.8 Å². The quantitative estimate of drug-likeness (QED) is 0.742. The molecule has 0 saturated carbocycles. The molecule has 1 aliphatic heterocycles. The third-order valence-electron chi connectivity index (χ3n) is 3.35. The van der Waals surface area contributed by atoms with Gasteiger partial charge in [0.25, 0.3) is 0 Å². The number of amides is 1. The topological polar surface area (TPSA) is 83.6 Å². The molecule has 0 aromatic rings. The van der Waals surface area contributed by atoms with Crippen molar-refractivity contribution in [2.45, 2.75) is 32.6 Å². The summed E-state index contributed by atoms with van der Waals surface area (Å²) in [6.07, 6.45) is 3.08. The molecule has 0 aliphatic carbocycles. The van der Waals surface area contributed by atoms with Crippen LogP contribution in [0.4, 0.5) is 0 Å². The van der Waals surface area contributed by atoms with Crippen molar-refractivity contribution in [3.63, 3.8) is 0 Å². The van der Waals surface area contributed by atoms with Gasteiger partial charge >= 0.3 is 5.97 Å². The Morgan fingerprint density at radius 2 is 2.24 bits per heavy atom.